The fourth-order valence-corrected chi connectivity index (χ4v) is 4.38. The Kier molecular flexibility index (Phi) is 5.59. The molecule has 0 radical (unpaired) electrons. The second-order valence-electron chi connectivity index (χ2n) is 6.91. The molecule has 0 atom stereocenters. The van der Waals surface area contributed by atoms with Gasteiger partial charge in [-0.15, -0.1) is 11.3 Å². The van der Waals surface area contributed by atoms with Crippen molar-refractivity contribution in [2.24, 2.45) is 0 Å². The largest absolute Gasteiger partial charge is 0.357 e. The molecule has 3 heterocycles. The average Bonchev–Trinajstić information content (AvgIpc) is 3.47. The van der Waals surface area contributed by atoms with E-state index >= 15 is 0 Å². The second kappa shape index (κ2) is 8.29. The quantitative estimate of drug-likeness (QED) is 0.358. The number of amidine groups is 1. The van der Waals surface area contributed by atoms with Crippen molar-refractivity contribution in [1.29, 1.82) is 5.41 Å². The van der Waals surface area contributed by atoms with Crippen LogP contribution in [0.1, 0.15) is 40.1 Å². The molecule has 0 unspecified atom stereocenters. The molecule has 1 aromatic carbocycles. The van der Waals surface area contributed by atoms with Crippen LogP contribution in [-0.4, -0.2) is 39.4 Å². The molecule has 1 aliphatic rings. The lowest BCUT2D eigenvalue weighted by Crippen LogP contribution is -2.27. The monoisotopic (exact) mass is 412 g/mol. The molecule has 144 valence electrons. The van der Waals surface area contributed by atoms with Gasteiger partial charge < -0.3 is 4.90 Å². The summed E-state index contributed by atoms with van der Waals surface area (Å²) in [5.41, 5.74) is 2.89. The number of aryl methyl sites for hydroxylation is 1. The Morgan fingerprint density at radius 1 is 1.14 bits per heavy atom. The third-order valence-electron chi connectivity index (χ3n) is 4.95. The van der Waals surface area contributed by atoms with E-state index in [4.69, 9.17) is 17.0 Å². The standard InChI is InChI=1S/C21H21ClN4OS/c22-20-10-9-19(28-20)18(27)8-3-15-13-24-26(14-15)17-6-4-16(5-7-17)21(23)25-11-1-2-12-25/h4-7,9-10,13-14,23H,1-3,8,11-12H2. The second-order valence-corrected chi connectivity index (χ2v) is 8.62. The number of thiophene rings is 1. The van der Waals surface area contributed by atoms with E-state index in [1.54, 1.807) is 18.3 Å². The fraction of sp³-hybridized carbons (Fsp3) is 0.286. The highest BCUT2D eigenvalue weighted by Crippen LogP contribution is 2.23. The number of rotatable bonds is 6. The van der Waals surface area contributed by atoms with Gasteiger partial charge in [0.1, 0.15) is 5.84 Å². The van der Waals surface area contributed by atoms with E-state index in [-0.39, 0.29) is 5.78 Å². The summed E-state index contributed by atoms with van der Waals surface area (Å²) >= 11 is 7.22. The normalized spacial score (nSPS) is 13.8. The zero-order valence-electron chi connectivity index (χ0n) is 15.4. The lowest BCUT2D eigenvalue weighted by molar-refractivity contribution is 0.0986. The van der Waals surface area contributed by atoms with E-state index in [1.165, 1.54) is 24.2 Å². The van der Waals surface area contributed by atoms with Crippen LogP contribution in [0, 0.1) is 5.41 Å². The number of ketones is 1. The predicted molar refractivity (Wildman–Crippen MR) is 113 cm³/mol. The minimum atomic E-state index is 0.106. The molecule has 1 N–H and O–H groups in total. The molecule has 0 bridgehead atoms. The zero-order chi connectivity index (χ0) is 19.5. The molecule has 1 saturated heterocycles. The van der Waals surface area contributed by atoms with Gasteiger partial charge in [-0.25, -0.2) is 4.68 Å². The average molecular weight is 413 g/mol. The van der Waals surface area contributed by atoms with E-state index in [2.05, 4.69) is 10.00 Å². The van der Waals surface area contributed by atoms with E-state index in [1.807, 2.05) is 35.1 Å². The number of likely N-dealkylation sites (tertiary alicyclic amines) is 1. The Bertz CT molecular complexity index is 986. The molecule has 1 fully saturated rings. The van der Waals surface area contributed by atoms with Crippen molar-refractivity contribution in [3.8, 4) is 5.69 Å². The maximum atomic E-state index is 12.2. The summed E-state index contributed by atoms with van der Waals surface area (Å²) in [5, 5.41) is 12.8. The summed E-state index contributed by atoms with van der Waals surface area (Å²) in [6.45, 7) is 1.94. The van der Waals surface area contributed by atoms with Crippen molar-refractivity contribution in [3.05, 3.63) is 69.1 Å². The summed E-state index contributed by atoms with van der Waals surface area (Å²) in [4.78, 5) is 15.0. The van der Waals surface area contributed by atoms with Crippen LogP contribution in [0.3, 0.4) is 0 Å². The van der Waals surface area contributed by atoms with Crippen LogP contribution < -0.4 is 0 Å². The van der Waals surface area contributed by atoms with Crippen molar-refractivity contribution in [2.45, 2.75) is 25.7 Å². The van der Waals surface area contributed by atoms with E-state index in [0.29, 0.717) is 27.9 Å². The molecule has 28 heavy (non-hydrogen) atoms. The van der Waals surface area contributed by atoms with Crippen LogP contribution in [-0.2, 0) is 6.42 Å². The summed E-state index contributed by atoms with van der Waals surface area (Å²) in [7, 11) is 0. The van der Waals surface area contributed by atoms with Crippen LogP contribution in [0.5, 0.6) is 0 Å². The number of carbonyl (C=O) groups excluding carboxylic acids is 1. The molecule has 1 aliphatic heterocycles. The molecule has 2 aromatic heterocycles. The van der Waals surface area contributed by atoms with Gasteiger partial charge in [-0.05, 0) is 61.2 Å². The first-order valence-electron chi connectivity index (χ1n) is 9.36. The molecule has 4 rings (SSSR count). The van der Waals surface area contributed by atoms with Crippen LogP contribution in [0.4, 0.5) is 0 Å². The Hall–Kier alpha value is -2.44. The Morgan fingerprint density at radius 3 is 2.57 bits per heavy atom. The number of aromatic nitrogens is 2. The number of benzene rings is 1. The van der Waals surface area contributed by atoms with Crippen molar-refractivity contribution in [3.63, 3.8) is 0 Å². The number of hydrogen-bond acceptors (Lipinski definition) is 4. The van der Waals surface area contributed by atoms with Crippen LogP contribution in [0.15, 0.2) is 48.8 Å². The van der Waals surface area contributed by atoms with Gasteiger partial charge in [-0.1, -0.05) is 11.6 Å². The topological polar surface area (TPSA) is 62.0 Å². The highest BCUT2D eigenvalue weighted by Gasteiger charge is 2.16. The van der Waals surface area contributed by atoms with Gasteiger partial charge in [0.05, 0.1) is 21.1 Å². The van der Waals surface area contributed by atoms with Gasteiger partial charge in [-0.3, -0.25) is 10.2 Å². The Morgan fingerprint density at radius 2 is 1.89 bits per heavy atom. The van der Waals surface area contributed by atoms with E-state index in [9.17, 15) is 4.79 Å². The Labute approximate surface area is 173 Å². The maximum absolute atomic E-state index is 12.2. The zero-order valence-corrected chi connectivity index (χ0v) is 17.0. The number of nitrogens with one attached hydrogen (secondary N) is 1. The number of hydrogen-bond donors (Lipinski definition) is 1. The maximum Gasteiger partial charge on any atom is 0.173 e. The molecule has 3 aromatic rings. The summed E-state index contributed by atoms with van der Waals surface area (Å²) in [6.07, 6.45) is 7.17. The van der Waals surface area contributed by atoms with Gasteiger partial charge in [-0.2, -0.15) is 5.10 Å². The minimum absolute atomic E-state index is 0.106. The minimum Gasteiger partial charge on any atom is -0.357 e. The smallest absolute Gasteiger partial charge is 0.173 e. The fourth-order valence-electron chi connectivity index (χ4n) is 3.37. The van der Waals surface area contributed by atoms with Crippen molar-refractivity contribution in [2.75, 3.05) is 13.1 Å². The predicted octanol–water partition coefficient (Wildman–Crippen LogP) is 4.82. The molecule has 0 aliphatic carbocycles. The molecule has 0 saturated carbocycles. The SMILES string of the molecule is N=C(c1ccc(-n2cc(CCC(=O)c3ccc(Cl)s3)cn2)cc1)N1CCCC1. The molecular formula is C21H21ClN4OS. The third-order valence-corrected chi connectivity index (χ3v) is 6.22. The van der Waals surface area contributed by atoms with Crippen molar-refractivity contribution < 1.29 is 4.79 Å². The van der Waals surface area contributed by atoms with Crippen LogP contribution in [0.2, 0.25) is 4.34 Å². The van der Waals surface area contributed by atoms with Gasteiger partial charge in [0.25, 0.3) is 0 Å². The summed E-state index contributed by atoms with van der Waals surface area (Å²) < 4.78 is 2.45. The van der Waals surface area contributed by atoms with Gasteiger partial charge in [0.15, 0.2) is 5.78 Å². The first kappa shape index (κ1) is 18.9. The van der Waals surface area contributed by atoms with Gasteiger partial charge in [0, 0.05) is 31.3 Å². The number of Topliss-reactive ketones (excluding diaryl/α,β-unsaturated/α-hetero) is 1. The first-order valence-corrected chi connectivity index (χ1v) is 10.6. The summed E-state index contributed by atoms with van der Waals surface area (Å²) in [5.74, 6) is 0.701. The van der Waals surface area contributed by atoms with Crippen LogP contribution in [0.25, 0.3) is 5.69 Å². The van der Waals surface area contributed by atoms with Crippen molar-refractivity contribution >= 4 is 34.6 Å². The van der Waals surface area contributed by atoms with Crippen LogP contribution >= 0.6 is 22.9 Å². The van der Waals surface area contributed by atoms with Crippen molar-refractivity contribution in [1.82, 2.24) is 14.7 Å². The van der Waals surface area contributed by atoms with E-state index in [0.717, 1.165) is 29.9 Å². The number of carbonyl (C=O) groups is 1. The lowest BCUT2D eigenvalue weighted by Gasteiger charge is -2.18. The highest BCUT2D eigenvalue weighted by atomic mass is 35.5. The summed E-state index contributed by atoms with van der Waals surface area (Å²) in [6, 6.07) is 11.4. The lowest BCUT2D eigenvalue weighted by atomic mass is 10.1. The van der Waals surface area contributed by atoms with Gasteiger partial charge in [0.2, 0.25) is 0 Å². The Balaban J connectivity index is 1.38. The highest BCUT2D eigenvalue weighted by molar-refractivity contribution is 7.18. The molecular weight excluding hydrogens is 392 g/mol. The van der Waals surface area contributed by atoms with E-state index < -0.39 is 0 Å². The van der Waals surface area contributed by atoms with Gasteiger partial charge >= 0.3 is 0 Å². The molecule has 5 nitrogen and oxygen atoms in total. The third kappa shape index (κ3) is 4.18. The molecule has 7 heteroatoms. The number of nitrogens with zero attached hydrogens (tertiary/aromatic N) is 3. The number of halogens is 1. The molecule has 0 spiro atoms. The molecule has 0 amide bonds. The first-order chi connectivity index (χ1) is 13.6.